The van der Waals surface area contributed by atoms with Gasteiger partial charge in [0.15, 0.2) is 0 Å². The molecule has 0 aromatic heterocycles. The van der Waals surface area contributed by atoms with E-state index in [1.807, 2.05) is 6.07 Å². The van der Waals surface area contributed by atoms with Crippen molar-refractivity contribution >= 4 is 35.0 Å². The Morgan fingerprint density at radius 3 is 2.75 bits per heavy atom. The summed E-state index contributed by atoms with van der Waals surface area (Å²) in [6, 6.07) is 5.33. The molecule has 4 nitrogen and oxygen atoms in total. The molecular formula is C14H16Cl2N2O2. The molecule has 0 spiro atoms. The van der Waals surface area contributed by atoms with E-state index in [9.17, 15) is 9.59 Å². The third-order valence-electron chi connectivity index (χ3n) is 3.39. The first-order valence-corrected chi connectivity index (χ1v) is 7.18. The lowest BCUT2D eigenvalue weighted by molar-refractivity contribution is -0.136. The fraction of sp³-hybridized carbons (Fsp3) is 0.429. The van der Waals surface area contributed by atoms with Crippen molar-refractivity contribution in [3.8, 4) is 0 Å². The number of benzene rings is 1. The van der Waals surface area contributed by atoms with Crippen LogP contribution >= 0.6 is 23.2 Å². The Bertz CT molecular complexity index is 524. The van der Waals surface area contributed by atoms with Gasteiger partial charge in [0.25, 0.3) is 0 Å². The SMILES string of the molecule is CN(Cc1ccc(Cl)c(Cl)c1)C(=O)C1CCC(=O)NC1. The summed E-state index contributed by atoms with van der Waals surface area (Å²) in [6.07, 6.45) is 1.02. The molecule has 0 saturated carbocycles. The molecule has 6 heteroatoms. The van der Waals surface area contributed by atoms with Gasteiger partial charge in [-0.3, -0.25) is 9.59 Å². The second-order valence-electron chi connectivity index (χ2n) is 4.98. The molecule has 1 aliphatic rings. The number of carbonyl (C=O) groups excluding carboxylic acids is 2. The average Bonchev–Trinajstić information content (AvgIpc) is 2.43. The number of hydrogen-bond donors (Lipinski definition) is 1. The van der Waals surface area contributed by atoms with Crippen LogP contribution in [0.5, 0.6) is 0 Å². The minimum Gasteiger partial charge on any atom is -0.355 e. The Balaban J connectivity index is 1.96. The van der Waals surface area contributed by atoms with E-state index in [4.69, 9.17) is 23.2 Å². The maximum Gasteiger partial charge on any atom is 0.227 e. The van der Waals surface area contributed by atoms with E-state index < -0.39 is 0 Å². The van der Waals surface area contributed by atoms with Crippen LogP contribution in [0.15, 0.2) is 18.2 Å². The highest BCUT2D eigenvalue weighted by Gasteiger charge is 2.26. The van der Waals surface area contributed by atoms with E-state index in [2.05, 4.69) is 5.32 Å². The van der Waals surface area contributed by atoms with Gasteiger partial charge in [0.05, 0.1) is 16.0 Å². The highest BCUT2D eigenvalue weighted by atomic mass is 35.5. The number of piperidine rings is 1. The second kappa shape index (κ2) is 6.46. The minimum atomic E-state index is -0.138. The number of carbonyl (C=O) groups is 2. The summed E-state index contributed by atoms with van der Waals surface area (Å²) < 4.78 is 0. The molecule has 1 fully saturated rings. The van der Waals surface area contributed by atoms with E-state index in [1.54, 1.807) is 24.1 Å². The lowest BCUT2D eigenvalue weighted by atomic mass is 9.97. The standard InChI is InChI=1S/C14H16Cl2N2O2/c1-18(8-9-2-4-11(15)12(16)6-9)14(20)10-3-5-13(19)17-7-10/h2,4,6,10H,3,5,7-8H2,1H3,(H,17,19). The third-order valence-corrected chi connectivity index (χ3v) is 4.13. The molecule has 1 aromatic carbocycles. The van der Waals surface area contributed by atoms with Gasteiger partial charge in [-0.2, -0.15) is 0 Å². The molecule has 1 N–H and O–H groups in total. The first kappa shape index (κ1) is 15.1. The quantitative estimate of drug-likeness (QED) is 0.931. The molecule has 1 saturated heterocycles. The van der Waals surface area contributed by atoms with Crippen LogP contribution in [-0.2, 0) is 16.1 Å². The van der Waals surface area contributed by atoms with Crippen molar-refractivity contribution in [2.45, 2.75) is 19.4 Å². The smallest absolute Gasteiger partial charge is 0.227 e. The first-order chi connectivity index (χ1) is 9.47. The van der Waals surface area contributed by atoms with Crippen LogP contribution in [0, 0.1) is 5.92 Å². The Labute approximate surface area is 128 Å². The summed E-state index contributed by atoms with van der Waals surface area (Å²) in [4.78, 5) is 25.0. The molecule has 1 unspecified atom stereocenters. The second-order valence-corrected chi connectivity index (χ2v) is 5.80. The van der Waals surface area contributed by atoms with Crippen molar-refractivity contribution in [2.24, 2.45) is 5.92 Å². The number of amides is 2. The van der Waals surface area contributed by atoms with Crippen LogP contribution in [0.25, 0.3) is 0 Å². The van der Waals surface area contributed by atoms with E-state index in [0.717, 1.165) is 5.56 Å². The zero-order valence-electron chi connectivity index (χ0n) is 11.2. The summed E-state index contributed by atoms with van der Waals surface area (Å²) in [5.41, 5.74) is 0.926. The van der Waals surface area contributed by atoms with Crippen LogP contribution < -0.4 is 5.32 Å². The fourth-order valence-electron chi connectivity index (χ4n) is 2.25. The highest BCUT2D eigenvalue weighted by Crippen LogP contribution is 2.23. The Morgan fingerprint density at radius 2 is 2.15 bits per heavy atom. The summed E-state index contributed by atoms with van der Waals surface area (Å²) in [7, 11) is 1.75. The molecular weight excluding hydrogens is 299 g/mol. The predicted molar refractivity (Wildman–Crippen MR) is 78.7 cm³/mol. The Hall–Kier alpha value is -1.26. The number of rotatable bonds is 3. The first-order valence-electron chi connectivity index (χ1n) is 6.43. The van der Waals surface area contributed by atoms with Crippen LogP contribution in [0.2, 0.25) is 10.0 Å². The maximum absolute atomic E-state index is 12.3. The van der Waals surface area contributed by atoms with Gasteiger partial charge in [-0.1, -0.05) is 29.3 Å². The summed E-state index contributed by atoms with van der Waals surface area (Å²) in [5, 5.41) is 3.70. The van der Waals surface area contributed by atoms with Crippen LogP contribution in [0.1, 0.15) is 18.4 Å². The number of halogens is 2. The molecule has 0 radical (unpaired) electrons. The molecule has 0 bridgehead atoms. The van der Waals surface area contributed by atoms with Crippen LogP contribution in [-0.4, -0.2) is 30.3 Å². The zero-order valence-corrected chi connectivity index (χ0v) is 12.7. The monoisotopic (exact) mass is 314 g/mol. The number of nitrogens with zero attached hydrogens (tertiary/aromatic N) is 1. The van der Waals surface area contributed by atoms with E-state index >= 15 is 0 Å². The molecule has 0 aliphatic carbocycles. The largest absolute Gasteiger partial charge is 0.355 e. The maximum atomic E-state index is 12.3. The van der Waals surface area contributed by atoms with Gasteiger partial charge in [0, 0.05) is 26.6 Å². The lowest BCUT2D eigenvalue weighted by Crippen LogP contribution is -2.43. The summed E-state index contributed by atoms with van der Waals surface area (Å²) in [5.74, 6) is -0.0854. The molecule has 1 atom stereocenters. The molecule has 2 amide bonds. The van der Waals surface area contributed by atoms with Crippen molar-refractivity contribution in [3.05, 3.63) is 33.8 Å². The van der Waals surface area contributed by atoms with Gasteiger partial charge < -0.3 is 10.2 Å². The molecule has 1 aromatic rings. The molecule has 20 heavy (non-hydrogen) atoms. The van der Waals surface area contributed by atoms with E-state index in [-0.39, 0.29) is 17.7 Å². The number of nitrogens with one attached hydrogen (secondary N) is 1. The third kappa shape index (κ3) is 3.64. The minimum absolute atomic E-state index is 0.0150. The van der Waals surface area contributed by atoms with E-state index in [1.165, 1.54) is 0 Å². The van der Waals surface area contributed by atoms with Gasteiger partial charge in [-0.15, -0.1) is 0 Å². The van der Waals surface area contributed by atoms with E-state index in [0.29, 0.717) is 36.0 Å². The molecule has 1 heterocycles. The van der Waals surface area contributed by atoms with Crippen LogP contribution in [0.3, 0.4) is 0 Å². The van der Waals surface area contributed by atoms with Crippen molar-refractivity contribution in [3.63, 3.8) is 0 Å². The number of hydrogen-bond acceptors (Lipinski definition) is 2. The van der Waals surface area contributed by atoms with Gasteiger partial charge in [-0.25, -0.2) is 0 Å². The highest BCUT2D eigenvalue weighted by molar-refractivity contribution is 6.42. The molecule has 2 rings (SSSR count). The summed E-state index contributed by atoms with van der Waals surface area (Å²) >= 11 is 11.8. The Morgan fingerprint density at radius 1 is 1.40 bits per heavy atom. The average molecular weight is 315 g/mol. The van der Waals surface area contributed by atoms with Gasteiger partial charge in [0.1, 0.15) is 0 Å². The molecule has 1 aliphatic heterocycles. The van der Waals surface area contributed by atoms with Crippen molar-refractivity contribution < 1.29 is 9.59 Å². The van der Waals surface area contributed by atoms with Gasteiger partial charge >= 0.3 is 0 Å². The van der Waals surface area contributed by atoms with Gasteiger partial charge in [0.2, 0.25) is 11.8 Å². The zero-order chi connectivity index (χ0) is 14.7. The van der Waals surface area contributed by atoms with Crippen LogP contribution in [0.4, 0.5) is 0 Å². The summed E-state index contributed by atoms with van der Waals surface area (Å²) in [6.45, 7) is 0.892. The van der Waals surface area contributed by atoms with Crippen molar-refractivity contribution in [1.82, 2.24) is 10.2 Å². The Kier molecular flexibility index (Phi) is 4.89. The van der Waals surface area contributed by atoms with Crippen molar-refractivity contribution in [1.29, 1.82) is 0 Å². The topological polar surface area (TPSA) is 49.4 Å². The molecule has 108 valence electrons. The fourth-order valence-corrected chi connectivity index (χ4v) is 2.57. The van der Waals surface area contributed by atoms with Gasteiger partial charge in [-0.05, 0) is 24.1 Å². The van der Waals surface area contributed by atoms with Crippen molar-refractivity contribution in [2.75, 3.05) is 13.6 Å². The predicted octanol–water partition coefficient (Wildman–Crippen LogP) is 2.48. The lowest BCUT2D eigenvalue weighted by Gasteiger charge is -2.26. The normalized spacial score (nSPS) is 18.6.